The minimum atomic E-state index is 0.527. The third-order valence-corrected chi connectivity index (χ3v) is 4.49. The molecule has 23 heavy (non-hydrogen) atoms. The van der Waals surface area contributed by atoms with Gasteiger partial charge in [-0.15, -0.1) is 0 Å². The molecule has 1 heterocycles. The highest BCUT2D eigenvalue weighted by Gasteiger charge is 2.14. The van der Waals surface area contributed by atoms with Gasteiger partial charge in [0.05, 0.1) is 0 Å². The highest BCUT2D eigenvalue weighted by Crippen LogP contribution is 2.25. The molecule has 0 atom stereocenters. The Morgan fingerprint density at radius 3 is 2.52 bits per heavy atom. The molecule has 0 spiro atoms. The van der Waals surface area contributed by atoms with Crippen molar-refractivity contribution in [3.8, 4) is 0 Å². The van der Waals surface area contributed by atoms with Gasteiger partial charge in [0.1, 0.15) is 17.5 Å². The third-order valence-electron chi connectivity index (χ3n) is 4.26. The number of anilines is 3. The molecule has 122 valence electrons. The lowest BCUT2D eigenvalue weighted by Crippen LogP contribution is -2.23. The summed E-state index contributed by atoms with van der Waals surface area (Å²) in [5.74, 6) is 2.45. The molecule has 3 rings (SSSR count). The Balaban J connectivity index is 1.78. The molecule has 1 aromatic carbocycles. The van der Waals surface area contributed by atoms with Crippen molar-refractivity contribution in [2.24, 2.45) is 0 Å². The Bertz CT molecular complexity index is 681. The number of hydrogen-bond donors (Lipinski definition) is 2. The van der Waals surface area contributed by atoms with Crippen LogP contribution in [0.5, 0.6) is 0 Å². The molecule has 0 amide bonds. The largest absolute Gasteiger partial charge is 0.367 e. The fourth-order valence-electron chi connectivity index (χ4n) is 3.03. The fraction of sp³-hybridized carbons (Fsp3) is 0.444. The molecule has 0 unspecified atom stereocenters. The van der Waals surface area contributed by atoms with Crippen molar-refractivity contribution in [2.75, 3.05) is 10.6 Å². The van der Waals surface area contributed by atoms with Crippen LogP contribution in [0.1, 0.15) is 43.5 Å². The summed E-state index contributed by atoms with van der Waals surface area (Å²) in [5, 5.41) is 7.63. The summed E-state index contributed by atoms with van der Waals surface area (Å²) in [4.78, 5) is 9.01. The van der Waals surface area contributed by atoms with Crippen molar-refractivity contribution in [1.29, 1.82) is 0 Å². The molecule has 1 aliphatic rings. The number of aromatic nitrogens is 2. The maximum Gasteiger partial charge on any atom is 0.136 e. The number of nitrogens with one attached hydrogen (secondary N) is 2. The summed E-state index contributed by atoms with van der Waals surface area (Å²) in [6, 6.07) is 8.31. The first-order valence-corrected chi connectivity index (χ1v) is 8.63. The van der Waals surface area contributed by atoms with Crippen molar-refractivity contribution < 1.29 is 0 Å². The van der Waals surface area contributed by atoms with Gasteiger partial charge >= 0.3 is 0 Å². The van der Waals surface area contributed by atoms with Gasteiger partial charge in [-0.3, -0.25) is 0 Å². The third kappa shape index (κ3) is 4.35. The minimum absolute atomic E-state index is 0.527. The number of aryl methyl sites for hydroxylation is 2. The van der Waals surface area contributed by atoms with Crippen LogP contribution < -0.4 is 10.6 Å². The summed E-state index contributed by atoms with van der Waals surface area (Å²) in [5.41, 5.74) is 2.10. The summed E-state index contributed by atoms with van der Waals surface area (Å²) in [6.45, 7) is 3.97. The van der Waals surface area contributed by atoms with Crippen LogP contribution in [0.15, 0.2) is 24.3 Å². The van der Waals surface area contributed by atoms with Gasteiger partial charge < -0.3 is 10.6 Å². The summed E-state index contributed by atoms with van der Waals surface area (Å²) < 4.78 is 0. The van der Waals surface area contributed by atoms with E-state index in [0.29, 0.717) is 11.1 Å². The monoisotopic (exact) mass is 330 g/mol. The lowest BCUT2D eigenvalue weighted by Gasteiger charge is -2.23. The van der Waals surface area contributed by atoms with Crippen LogP contribution in [0.2, 0.25) is 5.02 Å². The number of nitrogens with zero attached hydrogens (tertiary/aromatic N) is 2. The van der Waals surface area contributed by atoms with Gasteiger partial charge in [-0.25, -0.2) is 9.97 Å². The van der Waals surface area contributed by atoms with Gasteiger partial charge in [0.15, 0.2) is 0 Å². The predicted molar refractivity (Wildman–Crippen MR) is 96.7 cm³/mol. The van der Waals surface area contributed by atoms with Crippen LogP contribution in [0, 0.1) is 13.8 Å². The van der Waals surface area contributed by atoms with E-state index in [1.165, 1.54) is 32.1 Å². The zero-order chi connectivity index (χ0) is 16.2. The van der Waals surface area contributed by atoms with Crippen molar-refractivity contribution in [3.63, 3.8) is 0 Å². The second-order valence-corrected chi connectivity index (χ2v) is 6.69. The normalized spacial score (nSPS) is 15.4. The zero-order valence-corrected chi connectivity index (χ0v) is 14.5. The molecule has 1 aliphatic carbocycles. The lowest BCUT2D eigenvalue weighted by atomic mass is 9.95. The van der Waals surface area contributed by atoms with Crippen LogP contribution in [0.3, 0.4) is 0 Å². The molecular formula is C18H23ClN4. The highest BCUT2D eigenvalue weighted by molar-refractivity contribution is 6.30. The number of rotatable bonds is 4. The van der Waals surface area contributed by atoms with E-state index in [-0.39, 0.29) is 0 Å². The quantitative estimate of drug-likeness (QED) is 0.805. The molecule has 4 nitrogen and oxygen atoms in total. The summed E-state index contributed by atoms with van der Waals surface area (Å²) in [6.07, 6.45) is 6.39. The van der Waals surface area contributed by atoms with Crippen LogP contribution in [-0.2, 0) is 0 Å². The van der Waals surface area contributed by atoms with E-state index in [9.17, 15) is 0 Å². The highest BCUT2D eigenvalue weighted by atomic mass is 35.5. The van der Waals surface area contributed by atoms with E-state index in [1.54, 1.807) is 0 Å². The van der Waals surface area contributed by atoms with Crippen molar-refractivity contribution in [3.05, 3.63) is 40.7 Å². The molecule has 0 radical (unpaired) electrons. The van der Waals surface area contributed by atoms with Gasteiger partial charge in [0, 0.05) is 22.8 Å². The van der Waals surface area contributed by atoms with E-state index in [4.69, 9.17) is 11.6 Å². The van der Waals surface area contributed by atoms with Gasteiger partial charge in [-0.05, 0) is 44.4 Å². The first-order chi connectivity index (χ1) is 11.1. The second-order valence-electron chi connectivity index (χ2n) is 6.25. The minimum Gasteiger partial charge on any atom is -0.367 e. The van der Waals surface area contributed by atoms with Gasteiger partial charge in [0.25, 0.3) is 0 Å². The maximum absolute atomic E-state index is 6.09. The number of hydrogen-bond acceptors (Lipinski definition) is 4. The van der Waals surface area contributed by atoms with E-state index in [1.807, 2.05) is 38.1 Å². The Hall–Kier alpha value is -1.81. The molecule has 2 N–H and O–H groups in total. The Morgan fingerprint density at radius 2 is 1.74 bits per heavy atom. The molecule has 2 aromatic rings. The summed E-state index contributed by atoms with van der Waals surface area (Å²) in [7, 11) is 0. The zero-order valence-electron chi connectivity index (χ0n) is 13.7. The first kappa shape index (κ1) is 16.1. The molecule has 0 aliphatic heterocycles. The lowest BCUT2D eigenvalue weighted by molar-refractivity contribution is 0.462. The van der Waals surface area contributed by atoms with Crippen LogP contribution in [0.4, 0.5) is 17.3 Å². The average molecular weight is 331 g/mol. The van der Waals surface area contributed by atoms with Gasteiger partial charge in [-0.1, -0.05) is 36.9 Å². The fourth-order valence-corrected chi connectivity index (χ4v) is 3.20. The first-order valence-electron chi connectivity index (χ1n) is 8.25. The van der Waals surface area contributed by atoms with Crippen LogP contribution in [0.25, 0.3) is 0 Å². The Kier molecular flexibility index (Phi) is 5.01. The van der Waals surface area contributed by atoms with E-state index in [0.717, 1.165) is 28.7 Å². The predicted octanol–water partition coefficient (Wildman–Crippen LogP) is 5.24. The smallest absolute Gasteiger partial charge is 0.136 e. The number of halogens is 1. The molecule has 1 fully saturated rings. The van der Waals surface area contributed by atoms with E-state index in [2.05, 4.69) is 20.6 Å². The Morgan fingerprint density at radius 1 is 1.00 bits per heavy atom. The Labute approximate surface area is 142 Å². The van der Waals surface area contributed by atoms with Crippen LogP contribution >= 0.6 is 11.6 Å². The van der Waals surface area contributed by atoms with Crippen molar-refractivity contribution in [1.82, 2.24) is 9.97 Å². The van der Waals surface area contributed by atoms with E-state index < -0.39 is 0 Å². The molecule has 1 saturated carbocycles. The van der Waals surface area contributed by atoms with Crippen molar-refractivity contribution >= 4 is 28.9 Å². The molecule has 0 bridgehead atoms. The SMILES string of the molecule is Cc1nc(Nc2cc(Cl)ccc2C)cc(NC2CCCCC2)n1. The van der Waals surface area contributed by atoms with Gasteiger partial charge in [-0.2, -0.15) is 0 Å². The number of benzene rings is 1. The van der Waals surface area contributed by atoms with Crippen molar-refractivity contribution in [2.45, 2.75) is 52.0 Å². The average Bonchev–Trinajstić information content (AvgIpc) is 2.51. The van der Waals surface area contributed by atoms with Crippen LogP contribution in [-0.4, -0.2) is 16.0 Å². The van der Waals surface area contributed by atoms with Gasteiger partial charge in [0.2, 0.25) is 0 Å². The maximum atomic E-state index is 6.09. The molecule has 5 heteroatoms. The molecule has 0 saturated heterocycles. The summed E-state index contributed by atoms with van der Waals surface area (Å²) >= 11 is 6.09. The van der Waals surface area contributed by atoms with E-state index >= 15 is 0 Å². The molecule has 1 aromatic heterocycles. The second kappa shape index (κ2) is 7.18. The standard InChI is InChI=1S/C18H23ClN4/c1-12-8-9-14(19)10-16(12)23-18-11-17(20-13(2)21-18)22-15-6-4-3-5-7-15/h8-11,15H,3-7H2,1-2H3,(H2,20,21,22,23). The topological polar surface area (TPSA) is 49.8 Å². The molecular weight excluding hydrogens is 308 g/mol.